The molecule has 4 heteroatoms. The van der Waals surface area contributed by atoms with E-state index in [0.29, 0.717) is 0 Å². The molecular weight excluding hydrogens is 272 g/mol. The van der Waals surface area contributed by atoms with E-state index in [1.165, 1.54) is 16.8 Å². The van der Waals surface area contributed by atoms with E-state index >= 15 is 0 Å². The fourth-order valence-corrected chi connectivity index (χ4v) is 3.17. The van der Waals surface area contributed by atoms with Crippen LogP contribution in [0, 0.1) is 0 Å². The van der Waals surface area contributed by atoms with Crippen LogP contribution in [0.2, 0.25) is 0 Å². The highest BCUT2D eigenvalue weighted by Crippen LogP contribution is 2.23. The number of hydrogen-bond donors (Lipinski definition) is 1. The summed E-state index contributed by atoms with van der Waals surface area (Å²) < 4.78 is 2.29. The molecule has 0 amide bonds. The minimum absolute atomic E-state index is 0.965. The van der Waals surface area contributed by atoms with Gasteiger partial charge in [-0.05, 0) is 30.3 Å². The minimum atomic E-state index is 0.965. The van der Waals surface area contributed by atoms with E-state index in [2.05, 4.69) is 62.2 Å². The molecule has 4 nitrogen and oxygen atoms in total. The Morgan fingerprint density at radius 3 is 2.64 bits per heavy atom. The SMILES string of the molecule is c1ccc(-n2c(CN3CCNCC3)cc3cccnc32)cc1. The zero-order valence-corrected chi connectivity index (χ0v) is 12.6. The topological polar surface area (TPSA) is 33.1 Å². The molecule has 0 aliphatic carbocycles. The van der Waals surface area contributed by atoms with Crippen molar-refractivity contribution in [2.45, 2.75) is 6.54 Å². The van der Waals surface area contributed by atoms with Crippen molar-refractivity contribution in [3.05, 3.63) is 60.4 Å². The number of piperazine rings is 1. The van der Waals surface area contributed by atoms with E-state index in [1.807, 2.05) is 12.3 Å². The van der Waals surface area contributed by atoms with E-state index in [1.54, 1.807) is 0 Å². The van der Waals surface area contributed by atoms with Gasteiger partial charge in [-0.3, -0.25) is 9.47 Å². The molecule has 1 aliphatic heterocycles. The molecule has 0 saturated carbocycles. The van der Waals surface area contributed by atoms with Crippen molar-refractivity contribution in [3.63, 3.8) is 0 Å². The lowest BCUT2D eigenvalue weighted by Gasteiger charge is -2.27. The van der Waals surface area contributed by atoms with Crippen molar-refractivity contribution in [1.82, 2.24) is 19.8 Å². The van der Waals surface area contributed by atoms with Gasteiger partial charge < -0.3 is 5.32 Å². The van der Waals surface area contributed by atoms with Crippen molar-refractivity contribution in [2.75, 3.05) is 26.2 Å². The Hall–Kier alpha value is -2.17. The van der Waals surface area contributed by atoms with E-state index in [-0.39, 0.29) is 0 Å². The highest BCUT2D eigenvalue weighted by molar-refractivity contribution is 5.79. The lowest BCUT2D eigenvalue weighted by atomic mass is 10.3. The molecule has 0 atom stereocenters. The maximum absolute atomic E-state index is 4.60. The number of fused-ring (bicyclic) bond motifs is 1. The van der Waals surface area contributed by atoms with Crippen LogP contribution in [-0.4, -0.2) is 40.6 Å². The van der Waals surface area contributed by atoms with Gasteiger partial charge in [0.25, 0.3) is 0 Å². The van der Waals surface area contributed by atoms with Crippen LogP contribution in [0.15, 0.2) is 54.7 Å². The van der Waals surface area contributed by atoms with Gasteiger partial charge in [-0.25, -0.2) is 4.98 Å². The molecule has 0 radical (unpaired) electrons. The first-order chi connectivity index (χ1) is 10.9. The molecule has 22 heavy (non-hydrogen) atoms. The van der Waals surface area contributed by atoms with Crippen LogP contribution in [0.4, 0.5) is 0 Å². The number of rotatable bonds is 3. The minimum Gasteiger partial charge on any atom is -0.314 e. The lowest BCUT2D eigenvalue weighted by Crippen LogP contribution is -2.43. The molecule has 1 aromatic carbocycles. The summed E-state index contributed by atoms with van der Waals surface area (Å²) in [5.74, 6) is 0. The van der Waals surface area contributed by atoms with Crippen molar-refractivity contribution in [3.8, 4) is 5.69 Å². The Balaban J connectivity index is 1.79. The second-order valence-electron chi connectivity index (χ2n) is 5.75. The molecule has 0 spiro atoms. The van der Waals surface area contributed by atoms with Crippen molar-refractivity contribution in [1.29, 1.82) is 0 Å². The van der Waals surface area contributed by atoms with Gasteiger partial charge in [0.2, 0.25) is 0 Å². The lowest BCUT2D eigenvalue weighted by molar-refractivity contribution is 0.230. The van der Waals surface area contributed by atoms with Gasteiger partial charge in [0.1, 0.15) is 5.65 Å². The van der Waals surface area contributed by atoms with E-state index in [0.717, 1.165) is 38.4 Å². The molecule has 3 aromatic rings. The first-order valence-corrected chi connectivity index (χ1v) is 7.86. The smallest absolute Gasteiger partial charge is 0.144 e. The summed E-state index contributed by atoms with van der Waals surface area (Å²) in [6, 6.07) is 16.9. The molecule has 0 unspecified atom stereocenters. The van der Waals surface area contributed by atoms with Crippen LogP contribution in [0.3, 0.4) is 0 Å². The number of para-hydroxylation sites is 1. The Labute approximate surface area is 130 Å². The number of aromatic nitrogens is 2. The number of pyridine rings is 1. The van der Waals surface area contributed by atoms with E-state index < -0.39 is 0 Å². The predicted molar refractivity (Wildman–Crippen MR) is 89.2 cm³/mol. The Morgan fingerprint density at radius 2 is 1.82 bits per heavy atom. The molecule has 1 saturated heterocycles. The summed E-state index contributed by atoms with van der Waals surface area (Å²) in [6.45, 7) is 5.31. The summed E-state index contributed by atoms with van der Waals surface area (Å²) in [6.07, 6.45) is 1.87. The van der Waals surface area contributed by atoms with Crippen molar-refractivity contribution in [2.24, 2.45) is 0 Å². The molecule has 1 N–H and O–H groups in total. The van der Waals surface area contributed by atoms with E-state index in [4.69, 9.17) is 0 Å². The van der Waals surface area contributed by atoms with Gasteiger partial charge in [-0.2, -0.15) is 0 Å². The second kappa shape index (κ2) is 5.91. The third-order valence-electron chi connectivity index (χ3n) is 4.25. The normalized spacial score (nSPS) is 16.2. The van der Waals surface area contributed by atoms with Gasteiger partial charge in [0.05, 0.1) is 0 Å². The Kier molecular flexibility index (Phi) is 3.62. The number of hydrogen-bond acceptors (Lipinski definition) is 3. The van der Waals surface area contributed by atoms with Crippen molar-refractivity contribution < 1.29 is 0 Å². The monoisotopic (exact) mass is 292 g/mol. The number of benzene rings is 1. The van der Waals surface area contributed by atoms with Gasteiger partial charge in [0.15, 0.2) is 0 Å². The quantitative estimate of drug-likeness (QED) is 0.805. The standard InChI is InChI=1S/C18H20N4/c1-2-6-16(7-3-1)22-17(14-21-11-9-19-10-12-21)13-15-5-4-8-20-18(15)22/h1-8,13,19H,9-12,14H2. The van der Waals surface area contributed by atoms with Gasteiger partial charge in [0, 0.05) is 55.7 Å². The molecule has 2 aromatic heterocycles. The first-order valence-electron chi connectivity index (χ1n) is 7.86. The summed E-state index contributed by atoms with van der Waals surface area (Å²) in [5, 5.41) is 4.62. The highest BCUT2D eigenvalue weighted by Gasteiger charge is 2.16. The van der Waals surface area contributed by atoms with Crippen LogP contribution in [0.5, 0.6) is 0 Å². The fraction of sp³-hybridized carbons (Fsp3) is 0.278. The third kappa shape index (κ3) is 2.51. The fourth-order valence-electron chi connectivity index (χ4n) is 3.17. The molecule has 112 valence electrons. The zero-order valence-electron chi connectivity index (χ0n) is 12.6. The van der Waals surface area contributed by atoms with Gasteiger partial charge in [-0.15, -0.1) is 0 Å². The van der Waals surface area contributed by atoms with Crippen LogP contribution >= 0.6 is 0 Å². The van der Waals surface area contributed by atoms with Crippen LogP contribution in [0.25, 0.3) is 16.7 Å². The zero-order chi connectivity index (χ0) is 14.8. The largest absolute Gasteiger partial charge is 0.314 e. The van der Waals surface area contributed by atoms with Crippen LogP contribution in [-0.2, 0) is 6.54 Å². The van der Waals surface area contributed by atoms with E-state index in [9.17, 15) is 0 Å². The number of nitrogens with zero attached hydrogens (tertiary/aromatic N) is 3. The molecule has 1 aliphatic rings. The predicted octanol–water partition coefficient (Wildman–Crippen LogP) is 2.43. The summed E-state index contributed by atoms with van der Waals surface area (Å²) in [4.78, 5) is 7.11. The Bertz CT molecular complexity index is 757. The molecular formula is C18H20N4. The maximum Gasteiger partial charge on any atom is 0.144 e. The summed E-state index contributed by atoms with van der Waals surface area (Å²) in [7, 11) is 0. The molecule has 0 bridgehead atoms. The molecule has 1 fully saturated rings. The highest BCUT2D eigenvalue weighted by atomic mass is 15.2. The van der Waals surface area contributed by atoms with Crippen LogP contribution < -0.4 is 5.32 Å². The summed E-state index contributed by atoms with van der Waals surface area (Å²) >= 11 is 0. The first kappa shape index (κ1) is 13.5. The Morgan fingerprint density at radius 1 is 1.00 bits per heavy atom. The third-order valence-corrected chi connectivity index (χ3v) is 4.25. The van der Waals surface area contributed by atoms with Crippen molar-refractivity contribution >= 4 is 11.0 Å². The summed E-state index contributed by atoms with van der Waals surface area (Å²) in [5.41, 5.74) is 3.53. The van der Waals surface area contributed by atoms with Crippen LogP contribution in [0.1, 0.15) is 5.69 Å². The average Bonchev–Trinajstić information content (AvgIpc) is 2.94. The van der Waals surface area contributed by atoms with Gasteiger partial charge in [-0.1, -0.05) is 18.2 Å². The van der Waals surface area contributed by atoms with Gasteiger partial charge >= 0.3 is 0 Å². The maximum atomic E-state index is 4.60. The molecule has 3 heterocycles. The second-order valence-corrected chi connectivity index (χ2v) is 5.75. The average molecular weight is 292 g/mol. The molecule has 4 rings (SSSR count). The number of nitrogens with one attached hydrogen (secondary N) is 1.